The Labute approximate surface area is 119 Å². The number of furan rings is 1. The molecule has 1 N–H and O–H groups in total. The summed E-state index contributed by atoms with van der Waals surface area (Å²) in [7, 11) is -3.74. The zero-order chi connectivity index (χ0) is 15.0. The largest absolute Gasteiger partial charge is 0.438 e. The molecule has 0 spiro atoms. The second kappa shape index (κ2) is 5.21. The van der Waals surface area contributed by atoms with Crippen LogP contribution in [0.15, 0.2) is 21.6 Å². The van der Waals surface area contributed by atoms with Crippen molar-refractivity contribution in [3.8, 4) is 0 Å². The SMILES string of the molecule is CC(C)(C)NS(=O)(=O)c1ccc(C(=O)N2CCCC2)o1. The van der Waals surface area contributed by atoms with Crippen molar-refractivity contribution < 1.29 is 17.6 Å². The molecule has 1 saturated heterocycles. The molecule has 112 valence electrons. The van der Waals surface area contributed by atoms with E-state index in [-0.39, 0.29) is 16.8 Å². The minimum Gasteiger partial charge on any atom is -0.438 e. The fourth-order valence-electron chi connectivity index (χ4n) is 2.11. The number of likely N-dealkylation sites (tertiary alicyclic amines) is 1. The van der Waals surface area contributed by atoms with Crippen LogP contribution < -0.4 is 4.72 Å². The first-order valence-electron chi connectivity index (χ1n) is 6.62. The molecule has 0 atom stereocenters. The Bertz CT molecular complexity index is 592. The summed E-state index contributed by atoms with van der Waals surface area (Å²) in [5.41, 5.74) is -0.606. The summed E-state index contributed by atoms with van der Waals surface area (Å²) in [6, 6.07) is 2.73. The van der Waals surface area contributed by atoms with Gasteiger partial charge in [-0.05, 0) is 45.7 Å². The van der Waals surface area contributed by atoms with Crippen LogP contribution in [0.2, 0.25) is 0 Å². The van der Waals surface area contributed by atoms with Gasteiger partial charge in [-0.25, -0.2) is 13.1 Å². The van der Waals surface area contributed by atoms with Gasteiger partial charge in [0.05, 0.1) is 0 Å². The van der Waals surface area contributed by atoms with E-state index in [1.807, 2.05) is 0 Å². The third kappa shape index (κ3) is 3.40. The Morgan fingerprint density at radius 3 is 2.40 bits per heavy atom. The lowest BCUT2D eigenvalue weighted by Crippen LogP contribution is -2.40. The Morgan fingerprint density at radius 1 is 1.25 bits per heavy atom. The zero-order valence-corrected chi connectivity index (χ0v) is 12.8. The topological polar surface area (TPSA) is 79.6 Å². The van der Waals surface area contributed by atoms with Gasteiger partial charge in [-0.1, -0.05) is 0 Å². The lowest BCUT2D eigenvalue weighted by molar-refractivity contribution is 0.0755. The Balaban J connectivity index is 2.18. The van der Waals surface area contributed by atoms with Crippen molar-refractivity contribution in [1.82, 2.24) is 9.62 Å². The summed E-state index contributed by atoms with van der Waals surface area (Å²) in [6.45, 7) is 6.61. The van der Waals surface area contributed by atoms with Crippen LogP contribution in [0.4, 0.5) is 0 Å². The molecule has 1 aromatic rings. The second-order valence-electron chi connectivity index (χ2n) is 5.97. The third-order valence-electron chi connectivity index (χ3n) is 2.89. The maximum atomic E-state index is 12.1. The molecule has 7 heteroatoms. The lowest BCUT2D eigenvalue weighted by Gasteiger charge is -2.19. The summed E-state index contributed by atoms with van der Waals surface area (Å²) >= 11 is 0. The van der Waals surface area contributed by atoms with Crippen molar-refractivity contribution >= 4 is 15.9 Å². The van der Waals surface area contributed by atoms with Crippen LogP contribution in [-0.2, 0) is 10.0 Å². The molecule has 1 aliphatic rings. The number of sulfonamides is 1. The molecule has 0 saturated carbocycles. The number of nitrogens with zero attached hydrogens (tertiary/aromatic N) is 1. The number of hydrogen-bond donors (Lipinski definition) is 1. The molecule has 1 fully saturated rings. The first kappa shape index (κ1) is 15.1. The number of nitrogens with one attached hydrogen (secondary N) is 1. The summed E-state index contributed by atoms with van der Waals surface area (Å²) in [4.78, 5) is 13.8. The minimum atomic E-state index is -3.74. The van der Waals surface area contributed by atoms with Crippen LogP contribution >= 0.6 is 0 Å². The monoisotopic (exact) mass is 300 g/mol. The van der Waals surface area contributed by atoms with Crippen molar-refractivity contribution in [2.45, 2.75) is 44.2 Å². The van der Waals surface area contributed by atoms with E-state index in [9.17, 15) is 13.2 Å². The fourth-order valence-corrected chi connectivity index (χ4v) is 3.46. The molecular formula is C13H20N2O4S. The van der Waals surface area contributed by atoms with Crippen LogP contribution in [0.1, 0.15) is 44.2 Å². The second-order valence-corrected chi connectivity index (χ2v) is 7.59. The number of amides is 1. The molecule has 0 bridgehead atoms. The number of rotatable bonds is 3. The van der Waals surface area contributed by atoms with E-state index in [0.29, 0.717) is 13.1 Å². The minimum absolute atomic E-state index is 0.0705. The lowest BCUT2D eigenvalue weighted by atomic mass is 10.1. The van der Waals surface area contributed by atoms with Crippen molar-refractivity contribution in [1.29, 1.82) is 0 Å². The first-order chi connectivity index (χ1) is 9.19. The van der Waals surface area contributed by atoms with E-state index in [2.05, 4.69) is 4.72 Å². The number of carbonyl (C=O) groups is 1. The van der Waals surface area contributed by atoms with Crippen molar-refractivity contribution in [3.05, 3.63) is 17.9 Å². The predicted molar refractivity (Wildman–Crippen MR) is 73.9 cm³/mol. The van der Waals surface area contributed by atoms with E-state index in [0.717, 1.165) is 12.8 Å². The van der Waals surface area contributed by atoms with Crippen molar-refractivity contribution in [2.75, 3.05) is 13.1 Å². The highest BCUT2D eigenvalue weighted by Crippen LogP contribution is 2.19. The van der Waals surface area contributed by atoms with Crippen molar-refractivity contribution in [3.63, 3.8) is 0 Å². The predicted octanol–water partition coefficient (Wildman–Crippen LogP) is 1.59. The number of carbonyl (C=O) groups excluding carboxylic acids is 1. The summed E-state index contributed by atoms with van der Waals surface area (Å²) in [6.07, 6.45) is 1.95. The summed E-state index contributed by atoms with van der Waals surface area (Å²) in [5.74, 6) is -0.180. The molecule has 0 radical (unpaired) electrons. The average Bonchev–Trinajstić information content (AvgIpc) is 2.97. The number of hydrogen-bond acceptors (Lipinski definition) is 4. The van der Waals surface area contributed by atoms with Crippen LogP contribution in [0.25, 0.3) is 0 Å². The molecule has 0 unspecified atom stereocenters. The van der Waals surface area contributed by atoms with Crippen LogP contribution in [0, 0.1) is 0 Å². The molecule has 0 aromatic carbocycles. The van der Waals surface area contributed by atoms with E-state index in [4.69, 9.17) is 4.42 Å². The van der Waals surface area contributed by atoms with Gasteiger partial charge < -0.3 is 9.32 Å². The smallest absolute Gasteiger partial charge is 0.289 e. The van der Waals surface area contributed by atoms with E-state index < -0.39 is 15.6 Å². The van der Waals surface area contributed by atoms with E-state index in [1.54, 1.807) is 25.7 Å². The molecule has 0 aliphatic carbocycles. The van der Waals surface area contributed by atoms with Gasteiger partial charge in [-0.3, -0.25) is 4.79 Å². The van der Waals surface area contributed by atoms with E-state index in [1.165, 1.54) is 12.1 Å². The highest BCUT2D eigenvalue weighted by atomic mass is 32.2. The molecule has 6 nitrogen and oxygen atoms in total. The zero-order valence-electron chi connectivity index (χ0n) is 12.0. The first-order valence-corrected chi connectivity index (χ1v) is 8.10. The highest BCUT2D eigenvalue weighted by Gasteiger charge is 2.28. The van der Waals surface area contributed by atoms with Crippen molar-refractivity contribution in [2.24, 2.45) is 0 Å². The third-order valence-corrected chi connectivity index (χ3v) is 4.52. The summed E-state index contributed by atoms with van der Waals surface area (Å²) in [5, 5.41) is -0.227. The highest BCUT2D eigenvalue weighted by molar-refractivity contribution is 7.89. The fraction of sp³-hybridized carbons (Fsp3) is 0.615. The van der Waals surface area contributed by atoms with Gasteiger partial charge in [-0.15, -0.1) is 0 Å². The quantitative estimate of drug-likeness (QED) is 0.919. The Morgan fingerprint density at radius 2 is 1.85 bits per heavy atom. The van der Waals surface area contributed by atoms with Crippen LogP contribution in [-0.4, -0.2) is 37.9 Å². The van der Waals surface area contributed by atoms with Gasteiger partial charge in [0.1, 0.15) is 0 Å². The molecular weight excluding hydrogens is 280 g/mol. The standard InChI is InChI=1S/C13H20N2O4S/c1-13(2,3)14-20(17,18)11-7-6-10(19-11)12(16)15-8-4-5-9-15/h6-7,14H,4-5,8-9H2,1-3H3. The van der Waals surface area contributed by atoms with E-state index >= 15 is 0 Å². The molecule has 1 amide bonds. The molecule has 2 heterocycles. The molecule has 2 rings (SSSR count). The normalized spacial score (nSPS) is 16.6. The van der Waals surface area contributed by atoms with Gasteiger partial charge in [0.25, 0.3) is 15.9 Å². The average molecular weight is 300 g/mol. The molecule has 1 aromatic heterocycles. The Hall–Kier alpha value is -1.34. The van der Waals surface area contributed by atoms with Gasteiger partial charge >= 0.3 is 0 Å². The maximum Gasteiger partial charge on any atom is 0.289 e. The van der Waals surface area contributed by atoms with Crippen LogP contribution in [0.3, 0.4) is 0 Å². The van der Waals surface area contributed by atoms with Gasteiger partial charge in [0, 0.05) is 18.6 Å². The maximum absolute atomic E-state index is 12.1. The molecule has 20 heavy (non-hydrogen) atoms. The van der Waals surface area contributed by atoms with Gasteiger partial charge in [-0.2, -0.15) is 0 Å². The Kier molecular flexibility index (Phi) is 3.93. The molecule has 1 aliphatic heterocycles. The summed E-state index contributed by atoms with van der Waals surface area (Å²) < 4.78 is 31.9. The van der Waals surface area contributed by atoms with Gasteiger partial charge in [0.15, 0.2) is 5.76 Å². The van der Waals surface area contributed by atoms with Crippen LogP contribution in [0.5, 0.6) is 0 Å². The van der Waals surface area contributed by atoms with Gasteiger partial charge in [0.2, 0.25) is 5.09 Å².